The third-order valence-corrected chi connectivity index (χ3v) is 3.27. The highest BCUT2D eigenvalue weighted by Gasteiger charge is 2.32. The van der Waals surface area contributed by atoms with Crippen LogP contribution in [0.15, 0.2) is 24.3 Å². The van der Waals surface area contributed by atoms with Crippen LogP contribution in [0.25, 0.3) is 0 Å². The summed E-state index contributed by atoms with van der Waals surface area (Å²) in [4.78, 5) is 13.0. The maximum atomic E-state index is 11.2. The molecule has 5 nitrogen and oxygen atoms in total. The lowest BCUT2D eigenvalue weighted by molar-refractivity contribution is -0.146. The fourth-order valence-corrected chi connectivity index (χ4v) is 2.33. The molecule has 0 radical (unpaired) electrons. The van der Waals surface area contributed by atoms with E-state index < -0.39 is 18.1 Å². The SMILES string of the molecule is O=C(O)[C@H]1C[C@@H](O)CCN1Cc1cccc(O)c1. The van der Waals surface area contributed by atoms with E-state index >= 15 is 0 Å². The van der Waals surface area contributed by atoms with Crippen molar-refractivity contribution < 1.29 is 20.1 Å². The van der Waals surface area contributed by atoms with Gasteiger partial charge in [0.1, 0.15) is 11.8 Å². The van der Waals surface area contributed by atoms with E-state index in [1.54, 1.807) is 18.2 Å². The summed E-state index contributed by atoms with van der Waals surface area (Å²) in [5.41, 5.74) is 0.873. The third-order valence-electron chi connectivity index (χ3n) is 3.27. The third kappa shape index (κ3) is 3.00. The second kappa shape index (κ2) is 5.37. The van der Waals surface area contributed by atoms with Gasteiger partial charge in [-0.15, -0.1) is 0 Å². The first-order valence-corrected chi connectivity index (χ1v) is 5.99. The summed E-state index contributed by atoms with van der Waals surface area (Å²) in [6.07, 6.45) is 0.308. The van der Waals surface area contributed by atoms with Crippen LogP contribution in [-0.4, -0.2) is 44.9 Å². The van der Waals surface area contributed by atoms with Gasteiger partial charge in [-0.3, -0.25) is 9.69 Å². The van der Waals surface area contributed by atoms with Crippen LogP contribution >= 0.6 is 0 Å². The van der Waals surface area contributed by atoms with Crippen molar-refractivity contribution in [1.82, 2.24) is 4.90 Å². The molecule has 0 bridgehead atoms. The molecule has 1 fully saturated rings. The van der Waals surface area contributed by atoms with Gasteiger partial charge in [0.05, 0.1) is 6.10 Å². The molecule has 2 rings (SSSR count). The van der Waals surface area contributed by atoms with Crippen molar-refractivity contribution in [3.63, 3.8) is 0 Å². The number of nitrogens with zero attached hydrogens (tertiary/aromatic N) is 1. The molecule has 0 aliphatic carbocycles. The number of carbonyl (C=O) groups is 1. The molecule has 0 amide bonds. The molecule has 0 saturated carbocycles. The Kier molecular flexibility index (Phi) is 3.84. The lowest BCUT2D eigenvalue weighted by atomic mass is 9.98. The smallest absolute Gasteiger partial charge is 0.321 e. The average Bonchev–Trinajstić information content (AvgIpc) is 2.31. The standard InChI is InChI=1S/C13H17NO4/c15-10-3-1-2-9(6-10)8-14-5-4-11(16)7-12(14)13(17)18/h1-3,6,11-12,15-16H,4-5,7-8H2,(H,17,18)/t11-,12+/m0/s1. The lowest BCUT2D eigenvalue weighted by Crippen LogP contribution is -2.48. The van der Waals surface area contributed by atoms with Gasteiger partial charge in [0, 0.05) is 13.1 Å². The van der Waals surface area contributed by atoms with Crippen molar-refractivity contribution in [1.29, 1.82) is 0 Å². The molecule has 0 spiro atoms. The molecule has 0 unspecified atom stereocenters. The monoisotopic (exact) mass is 251 g/mol. The highest BCUT2D eigenvalue weighted by Crippen LogP contribution is 2.21. The highest BCUT2D eigenvalue weighted by atomic mass is 16.4. The minimum atomic E-state index is -0.908. The Labute approximate surface area is 105 Å². The number of carboxylic acids is 1. The van der Waals surface area contributed by atoms with Crippen molar-refractivity contribution in [3.05, 3.63) is 29.8 Å². The van der Waals surface area contributed by atoms with E-state index in [0.717, 1.165) is 5.56 Å². The number of hydrogen-bond donors (Lipinski definition) is 3. The molecule has 1 aliphatic rings. The molecule has 1 heterocycles. The minimum Gasteiger partial charge on any atom is -0.508 e. The molecule has 18 heavy (non-hydrogen) atoms. The fourth-order valence-electron chi connectivity index (χ4n) is 2.33. The maximum absolute atomic E-state index is 11.2. The van der Waals surface area contributed by atoms with E-state index in [4.69, 9.17) is 5.11 Å². The lowest BCUT2D eigenvalue weighted by Gasteiger charge is -2.35. The van der Waals surface area contributed by atoms with Gasteiger partial charge in [0.2, 0.25) is 0 Å². The molecule has 2 atom stereocenters. The summed E-state index contributed by atoms with van der Waals surface area (Å²) in [6.45, 7) is 1.02. The van der Waals surface area contributed by atoms with Crippen molar-refractivity contribution >= 4 is 5.97 Å². The molecular formula is C13H17NO4. The second-order valence-electron chi connectivity index (χ2n) is 4.67. The second-order valence-corrected chi connectivity index (χ2v) is 4.67. The Morgan fingerprint density at radius 1 is 1.44 bits per heavy atom. The van der Waals surface area contributed by atoms with E-state index in [1.807, 2.05) is 11.0 Å². The van der Waals surface area contributed by atoms with Crippen molar-refractivity contribution in [2.75, 3.05) is 6.54 Å². The van der Waals surface area contributed by atoms with Gasteiger partial charge in [0.25, 0.3) is 0 Å². The Bertz CT molecular complexity index is 435. The van der Waals surface area contributed by atoms with Gasteiger partial charge >= 0.3 is 5.97 Å². The van der Waals surface area contributed by atoms with Crippen LogP contribution in [0, 0.1) is 0 Å². The molecule has 1 aromatic rings. The van der Waals surface area contributed by atoms with Crippen LogP contribution in [0.1, 0.15) is 18.4 Å². The number of phenolic OH excluding ortho intramolecular Hbond substituents is 1. The van der Waals surface area contributed by atoms with E-state index in [-0.39, 0.29) is 12.2 Å². The van der Waals surface area contributed by atoms with E-state index in [9.17, 15) is 15.0 Å². The summed E-state index contributed by atoms with van der Waals surface area (Å²) in [6, 6.07) is 6.14. The van der Waals surface area contributed by atoms with Gasteiger partial charge in [-0.2, -0.15) is 0 Å². The van der Waals surface area contributed by atoms with Gasteiger partial charge in [-0.1, -0.05) is 12.1 Å². The van der Waals surface area contributed by atoms with E-state index in [2.05, 4.69) is 0 Å². The quantitative estimate of drug-likeness (QED) is 0.740. The van der Waals surface area contributed by atoms with E-state index in [0.29, 0.717) is 19.5 Å². The first-order valence-electron chi connectivity index (χ1n) is 5.99. The minimum absolute atomic E-state index is 0.177. The number of likely N-dealkylation sites (tertiary alicyclic amines) is 1. The largest absolute Gasteiger partial charge is 0.508 e. The molecule has 1 aliphatic heterocycles. The highest BCUT2D eigenvalue weighted by molar-refractivity contribution is 5.73. The van der Waals surface area contributed by atoms with Crippen LogP contribution in [0.3, 0.4) is 0 Å². The van der Waals surface area contributed by atoms with Crippen LogP contribution in [0.2, 0.25) is 0 Å². The summed E-state index contributed by atoms with van der Waals surface area (Å²) >= 11 is 0. The number of piperidine rings is 1. The topological polar surface area (TPSA) is 81.0 Å². The Balaban J connectivity index is 2.09. The molecule has 3 N–H and O–H groups in total. The van der Waals surface area contributed by atoms with Crippen LogP contribution < -0.4 is 0 Å². The maximum Gasteiger partial charge on any atom is 0.321 e. The first-order chi connectivity index (χ1) is 8.56. The number of benzene rings is 1. The zero-order chi connectivity index (χ0) is 13.1. The van der Waals surface area contributed by atoms with Gasteiger partial charge < -0.3 is 15.3 Å². The predicted octanol–water partition coefficient (Wildman–Crippen LogP) is 0.802. The Morgan fingerprint density at radius 3 is 2.89 bits per heavy atom. The summed E-state index contributed by atoms with van der Waals surface area (Å²) in [5.74, 6) is -0.731. The van der Waals surface area contributed by atoms with E-state index in [1.165, 1.54) is 0 Å². The average molecular weight is 251 g/mol. The fraction of sp³-hybridized carbons (Fsp3) is 0.462. The molecule has 98 valence electrons. The summed E-state index contributed by atoms with van der Waals surface area (Å²) in [5, 5.41) is 28.1. The molecular weight excluding hydrogens is 234 g/mol. The normalized spacial score (nSPS) is 24.9. The molecule has 1 aromatic carbocycles. The Hall–Kier alpha value is -1.59. The van der Waals surface area contributed by atoms with Crippen LogP contribution in [-0.2, 0) is 11.3 Å². The van der Waals surface area contributed by atoms with Crippen molar-refractivity contribution in [3.8, 4) is 5.75 Å². The number of aromatic hydroxyl groups is 1. The zero-order valence-electron chi connectivity index (χ0n) is 9.99. The number of aliphatic carboxylic acids is 1. The molecule has 1 saturated heterocycles. The number of rotatable bonds is 3. The van der Waals surface area contributed by atoms with Crippen molar-refractivity contribution in [2.45, 2.75) is 31.5 Å². The first kappa shape index (κ1) is 12.9. The Morgan fingerprint density at radius 2 is 2.22 bits per heavy atom. The van der Waals surface area contributed by atoms with Gasteiger partial charge in [-0.05, 0) is 30.5 Å². The number of aliphatic hydroxyl groups excluding tert-OH is 1. The molecule has 0 aromatic heterocycles. The number of aliphatic hydroxyl groups is 1. The summed E-state index contributed by atoms with van der Waals surface area (Å²) in [7, 11) is 0. The number of carboxylic acid groups (broad SMARTS) is 1. The zero-order valence-corrected chi connectivity index (χ0v) is 9.99. The summed E-state index contributed by atoms with van der Waals surface area (Å²) < 4.78 is 0. The van der Waals surface area contributed by atoms with Crippen LogP contribution in [0.5, 0.6) is 5.75 Å². The van der Waals surface area contributed by atoms with Crippen LogP contribution in [0.4, 0.5) is 0 Å². The predicted molar refractivity (Wildman–Crippen MR) is 65.2 cm³/mol. The van der Waals surface area contributed by atoms with Gasteiger partial charge in [0.15, 0.2) is 0 Å². The number of phenols is 1. The number of hydrogen-bond acceptors (Lipinski definition) is 4. The van der Waals surface area contributed by atoms with Crippen molar-refractivity contribution in [2.24, 2.45) is 0 Å². The van der Waals surface area contributed by atoms with Gasteiger partial charge in [-0.25, -0.2) is 0 Å². The molecule has 5 heteroatoms.